The molecule has 0 radical (unpaired) electrons. The van der Waals surface area contributed by atoms with Crippen LogP contribution < -0.4 is 10.2 Å². The van der Waals surface area contributed by atoms with Crippen molar-refractivity contribution in [3.05, 3.63) is 58.6 Å². The van der Waals surface area contributed by atoms with Gasteiger partial charge in [0.25, 0.3) is 0 Å². The van der Waals surface area contributed by atoms with Crippen LogP contribution in [0.4, 0.5) is 11.4 Å². The zero-order chi connectivity index (χ0) is 19.8. The number of hydrogen-bond acceptors (Lipinski definition) is 2. The number of anilines is 2. The van der Waals surface area contributed by atoms with Crippen molar-refractivity contribution < 1.29 is 9.59 Å². The maximum absolute atomic E-state index is 12.6. The number of amides is 2. The summed E-state index contributed by atoms with van der Waals surface area (Å²) in [6, 6.07) is 13.4. The van der Waals surface area contributed by atoms with E-state index < -0.39 is 0 Å². The molecular weight excluding hydrogens is 360 g/mol. The number of hydrogen-bond donors (Lipinski definition) is 1. The first-order valence-corrected chi connectivity index (χ1v) is 9.51. The first-order valence-electron chi connectivity index (χ1n) is 9.13. The van der Waals surface area contributed by atoms with Crippen molar-refractivity contribution in [2.24, 2.45) is 5.92 Å². The molecular formula is C22H25ClN2O2. The molecule has 0 aliphatic carbocycles. The van der Waals surface area contributed by atoms with Gasteiger partial charge in [0.2, 0.25) is 11.8 Å². The maximum atomic E-state index is 12.6. The summed E-state index contributed by atoms with van der Waals surface area (Å²) in [5.74, 6) is -0.564. The fourth-order valence-corrected chi connectivity index (χ4v) is 3.36. The summed E-state index contributed by atoms with van der Waals surface area (Å²) in [6.07, 6.45) is 0.206. The lowest BCUT2D eigenvalue weighted by Gasteiger charge is -2.19. The van der Waals surface area contributed by atoms with Gasteiger partial charge in [0.15, 0.2) is 0 Å². The van der Waals surface area contributed by atoms with E-state index in [2.05, 4.69) is 26.1 Å². The SMILES string of the molecule is Cc1ccc(N2CC(C(=O)Nc3ccc(C(C)(C)C)cc3)CC2=O)cc1Cl. The summed E-state index contributed by atoms with van der Waals surface area (Å²) in [4.78, 5) is 26.7. The van der Waals surface area contributed by atoms with Gasteiger partial charge < -0.3 is 10.2 Å². The van der Waals surface area contributed by atoms with Gasteiger partial charge in [-0.2, -0.15) is 0 Å². The Balaban J connectivity index is 1.67. The van der Waals surface area contributed by atoms with E-state index in [1.165, 1.54) is 5.56 Å². The fraction of sp³-hybridized carbons (Fsp3) is 0.364. The van der Waals surface area contributed by atoms with E-state index in [4.69, 9.17) is 11.6 Å². The summed E-state index contributed by atoms with van der Waals surface area (Å²) in [6.45, 7) is 8.73. The Morgan fingerprint density at radius 3 is 2.41 bits per heavy atom. The molecule has 0 saturated carbocycles. The minimum absolute atomic E-state index is 0.0573. The highest BCUT2D eigenvalue weighted by molar-refractivity contribution is 6.31. The van der Waals surface area contributed by atoms with E-state index in [1.807, 2.05) is 43.3 Å². The average molecular weight is 385 g/mol. The monoisotopic (exact) mass is 384 g/mol. The highest BCUT2D eigenvalue weighted by Gasteiger charge is 2.35. The van der Waals surface area contributed by atoms with Crippen LogP contribution in [0.15, 0.2) is 42.5 Å². The van der Waals surface area contributed by atoms with Gasteiger partial charge in [0.05, 0.1) is 5.92 Å². The van der Waals surface area contributed by atoms with E-state index in [1.54, 1.807) is 11.0 Å². The number of carbonyl (C=O) groups is 2. The first-order chi connectivity index (χ1) is 12.6. The molecule has 1 aliphatic heterocycles. The summed E-state index contributed by atoms with van der Waals surface area (Å²) < 4.78 is 0. The Labute approximate surface area is 165 Å². The van der Waals surface area contributed by atoms with Crippen LogP contribution in [0.1, 0.15) is 38.3 Å². The molecule has 1 N–H and O–H groups in total. The second kappa shape index (κ2) is 7.35. The molecule has 2 amide bonds. The zero-order valence-corrected chi connectivity index (χ0v) is 16.9. The highest BCUT2D eigenvalue weighted by Crippen LogP contribution is 2.29. The van der Waals surface area contributed by atoms with E-state index in [9.17, 15) is 9.59 Å². The van der Waals surface area contributed by atoms with Crippen LogP contribution >= 0.6 is 11.6 Å². The molecule has 2 aromatic carbocycles. The van der Waals surface area contributed by atoms with Crippen molar-refractivity contribution in [1.82, 2.24) is 0 Å². The van der Waals surface area contributed by atoms with Crippen molar-refractivity contribution in [3.63, 3.8) is 0 Å². The topological polar surface area (TPSA) is 49.4 Å². The van der Waals surface area contributed by atoms with Crippen molar-refractivity contribution in [2.75, 3.05) is 16.8 Å². The van der Waals surface area contributed by atoms with Gasteiger partial charge in [-0.05, 0) is 47.7 Å². The van der Waals surface area contributed by atoms with Gasteiger partial charge in [-0.25, -0.2) is 0 Å². The molecule has 4 nitrogen and oxygen atoms in total. The number of carbonyl (C=O) groups excluding carboxylic acids is 2. The van der Waals surface area contributed by atoms with Gasteiger partial charge in [0, 0.05) is 29.4 Å². The van der Waals surface area contributed by atoms with Crippen LogP contribution in [0.25, 0.3) is 0 Å². The van der Waals surface area contributed by atoms with Crippen molar-refractivity contribution in [2.45, 2.75) is 39.5 Å². The van der Waals surface area contributed by atoms with Crippen LogP contribution in [0.2, 0.25) is 5.02 Å². The quantitative estimate of drug-likeness (QED) is 0.814. The third-order valence-corrected chi connectivity index (χ3v) is 5.39. The average Bonchev–Trinajstić information content (AvgIpc) is 2.99. The molecule has 142 valence electrons. The van der Waals surface area contributed by atoms with Crippen molar-refractivity contribution in [1.29, 1.82) is 0 Å². The Hall–Kier alpha value is -2.33. The third kappa shape index (κ3) is 4.33. The Morgan fingerprint density at radius 1 is 1.15 bits per heavy atom. The number of halogens is 1. The summed E-state index contributed by atoms with van der Waals surface area (Å²) in [5.41, 5.74) is 3.72. The molecule has 2 aromatic rings. The maximum Gasteiger partial charge on any atom is 0.229 e. The molecule has 1 heterocycles. The minimum atomic E-state index is -0.375. The normalized spacial score (nSPS) is 17.3. The standard InChI is InChI=1S/C22H25ClN2O2/c1-14-5-10-18(12-19(14)23)25-13-15(11-20(25)26)21(27)24-17-8-6-16(7-9-17)22(2,3)4/h5-10,12,15H,11,13H2,1-4H3,(H,24,27). The zero-order valence-electron chi connectivity index (χ0n) is 16.2. The van der Waals surface area contributed by atoms with Crippen molar-refractivity contribution in [3.8, 4) is 0 Å². The predicted molar refractivity (Wildman–Crippen MR) is 110 cm³/mol. The van der Waals surface area contributed by atoms with Gasteiger partial charge in [-0.1, -0.05) is 50.6 Å². The lowest BCUT2D eigenvalue weighted by Crippen LogP contribution is -2.28. The molecule has 1 atom stereocenters. The van der Waals surface area contributed by atoms with E-state index in [-0.39, 0.29) is 29.6 Å². The second-order valence-corrected chi connectivity index (χ2v) is 8.56. The fourth-order valence-electron chi connectivity index (χ4n) is 3.18. The number of aryl methyl sites for hydroxylation is 1. The van der Waals surface area contributed by atoms with Crippen LogP contribution in [-0.4, -0.2) is 18.4 Å². The van der Waals surface area contributed by atoms with E-state index in [0.717, 1.165) is 16.9 Å². The van der Waals surface area contributed by atoms with E-state index >= 15 is 0 Å². The van der Waals surface area contributed by atoms with Crippen LogP contribution in [0.3, 0.4) is 0 Å². The molecule has 3 rings (SSSR count). The third-order valence-electron chi connectivity index (χ3n) is 4.98. The smallest absolute Gasteiger partial charge is 0.229 e. The Kier molecular flexibility index (Phi) is 5.29. The van der Waals surface area contributed by atoms with E-state index in [0.29, 0.717) is 11.6 Å². The summed E-state index contributed by atoms with van der Waals surface area (Å²) in [5, 5.41) is 3.55. The molecule has 27 heavy (non-hydrogen) atoms. The highest BCUT2D eigenvalue weighted by atomic mass is 35.5. The molecule has 1 aliphatic rings. The number of nitrogens with one attached hydrogen (secondary N) is 1. The molecule has 0 bridgehead atoms. The minimum Gasteiger partial charge on any atom is -0.326 e. The lowest BCUT2D eigenvalue weighted by molar-refractivity contribution is -0.122. The largest absolute Gasteiger partial charge is 0.326 e. The first kappa shape index (κ1) is 19.4. The number of nitrogens with zero attached hydrogens (tertiary/aromatic N) is 1. The number of rotatable bonds is 3. The molecule has 0 aromatic heterocycles. The van der Waals surface area contributed by atoms with Crippen LogP contribution in [-0.2, 0) is 15.0 Å². The van der Waals surface area contributed by atoms with Gasteiger partial charge in [-0.15, -0.1) is 0 Å². The Bertz CT molecular complexity index is 869. The van der Waals surface area contributed by atoms with Crippen LogP contribution in [0.5, 0.6) is 0 Å². The number of benzene rings is 2. The predicted octanol–water partition coefficient (Wildman–Crippen LogP) is 4.94. The van der Waals surface area contributed by atoms with Crippen LogP contribution in [0, 0.1) is 12.8 Å². The Morgan fingerprint density at radius 2 is 1.81 bits per heavy atom. The molecule has 1 unspecified atom stereocenters. The van der Waals surface area contributed by atoms with Gasteiger partial charge in [-0.3, -0.25) is 9.59 Å². The molecule has 1 fully saturated rings. The second-order valence-electron chi connectivity index (χ2n) is 8.16. The van der Waals surface area contributed by atoms with Gasteiger partial charge >= 0.3 is 0 Å². The lowest BCUT2D eigenvalue weighted by atomic mass is 9.87. The van der Waals surface area contributed by atoms with Crippen molar-refractivity contribution >= 4 is 34.8 Å². The van der Waals surface area contributed by atoms with Gasteiger partial charge in [0.1, 0.15) is 0 Å². The molecule has 5 heteroatoms. The molecule has 0 spiro atoms. The summed E-state index contributed by atoms with van der Waals surface area (Å²) in [7, 11) is 0. The molecule has 1 saturated heterocycles. The summed E-state index contributed by atoms with van der Waals surface area (Å²) >= 11 is 6.17.